The van der Waals surface area contributed by atoms with Crippen LogP contribution in [0.25, 0.3) is 0 Å². The van der Waals surface area contributed by atoms with Crippen molar-refractivity contribution in [2.75, 3.05) is 24.5 Å². The van der Waals surface area contributed by atoms with E-state index in [1.807, 2.05) is 18.5 Å². The molecular weight excluding hydrogens is 523 g/mol. The van der Waals surface area contributed by atoms with Crippen LogP contribution in [0, 0.1) is 0 Å². The normalized spacial score (nSPS) is 14.6. The van der Waals surface area contributed by atoms with Gasteiger partial charge in [-0.3, -0.25) is 0 Å². The molecule has 3 aromatic rings. The highest BCUT2D eigenvalue weighted by atomic mass is 127. The largest absolute Gasteiger partial charge is 0.372 e. The number of imidazole rings is 1. The molecule has 7 heteroatoms. The summed E-state index contributed by atoms with van der Waals surface area (Å²) in [6.07, 6.45) is 6.44. The van der Waals surface area contributed by atoms with E-state index in [2.05, 4.69) is 87.5 Å². The summed E-state index contributed by atoms with van der Waals surface area (Å²) < 4.78 is 2.16. The predicted octanol–water partition coefficient (Wildman–Crippen LogP) is 4.97. The average Bonchev–Trinajstić information content (AvgIpc) is 3.51. The van der Waals surface area contributed by atoms with E-state index in [-0.39, 0.29) is 30.0 Å². The molecule has 6 nitrogen and oxygen atoms in total. The minimum absolute atomic E-state index is 0. The van der Waals surface area contributed by atoms with Gasteiger partial charge in [0, 0.05) is 44.3 Å². The first-order valence-corrected chi connectivity index (χ1v) is 11.7. The van der Waals surface area contributed by atoms with E-state index in [4.69, 9.17) is 4.99 Å². The number of hydrogen-bond acceptors (Lipinski definition) is 3. The number of nitrogens with one attached hydrogen (secondary N) is 2. The Balaban J connectivity index is 0.00000306. The lowest BCUT2D eigenvalue weighted by molar-refractivity contribution is 0.676. The van der Waals surface area contributed by atoms with Crippen molar-refractivity contribution in [3.63, 3.8) is 0 Å². The lowest BCUT2D eigenvalue weighted by atomic mass is 10.1. The highest BCUT2D eigenvalue weighted by molar-refractivity contribution is 14.0. The second-order valence-electron chi connectivity index (χ2n) is 8.31. The molecule has 2 N–H and O–H groups in total. The molecule has 0 saturated carbocycles. The molecule has 1 fully saturated rings. The minimum Gasteiger partial charge on any atom is -0.372 e. The van der Waals surface area contributed by atoms with Gasteiger partial charge < -0.3 is 20.1 Å². The molecule has 0 bridgehead atoms. The summed E-state index contributed by atoms with van der Waals surface area (Å²) in [4.78, 5) is 11.8. The molecule has 33 heavy (non-hydrogen) atoms. The Kier molecular flexibility index (Phi) is 9.60. The first-order chi connectivity index (χ1) is 15.7. The van der Waals surface area contributed by atoms with Crippen molar-refractivity contribution in [1.82, 2.24) is 20.2 Å². The number of guanidine groups is 1. The molecule has 0 aliphatic carbocycles. The van der Waals surface area contributed by atoms with E-state index >= 15 is 0 Å². The SMILES string of the molecule is CCNC(=NCc1nccn1Cc1ccccc1)NC(C)c1cccc(N2CCCC2)c1.I. The number of benzene rings is 2. The van der Waals surface area contributed by atoms with Gasteiger partial charge >= 0.3 is 0 Å². The van der Waals surface area contributed by atoms with Crippen LogP contribution in [0.1, 0.15) is 49.7 Å². The van der Waals surface area contributed by atoms with Crippen LogP contribution in [-0.4, -0.2) is 35.1 Å². The molecule has 0 spiro atoms. The number of aromatic nitrogens is 2. The third-order valence-corrected chi connectivity index (χ3v) is 5.91. The molecule has 2 aromatic carbocycles. The van der Waals surface area contributed by atoms with E-state index in [0.29, 0.717) is 6.54 Å². The van der Waals surface area contributed by atoms with Crippen LogP contribution in [0.2, 0.25) is 0 Å². The third-order valence-electron chi connectivity index (χ3n) is 5.91. The van der Waals surface area contributed by atoms with Gasteiger partial charge in [-0.15, -0.1) is 24.0 Å². The standard InChI is InChI=1S/C26H34N6.HI/c1-3-27-26(29-19-25-28-14-17-32(25)20-22-10-5-4-6-11-22)30-21(2)23-12-9-13-24(18-23)31-15-7-8-16-31;/h4-6,9-14,17-18,21H,3,7-8,15-16,19-20H2,1-2H3,(H2,27,29,30);1H. The van der Waals surface area contributed by atoms with Crippen molar-refractivity contribution in [2.45, 2.75) is 45.8 Å². The van der Waals surface area contributed by atoms with E-state index in [9.17, 15) is 0 Å². The zero-order valence-corrected chi connectivity index (χ0v) is 21.9. The molecule has 176 valence electrons. The van der Waals surface area contributed by atoms with Crippen LogP contribution >= 0.6 is 24.0 Å². The average molecular weight is 559 g/mol. The van der Waals surface area contributed by atoms with E-state index in [1.54, 1.807) is 0 Å². The summed E-state index contributed by atoms with van der Waals surface area (Å²) in [6, 6.07) is 19.5. The fourth-order valence-electron chi connectivity index (χ4n) is 4.14. The predicted molar refractivity (Wildman–Crippen MR) is 147 cm³/mol. The van der Waals surface area contributed by atoms with Crippen LogP contribution in [0.4, 0.5) is 5.69 Å². The van der Waals surface area contributed by atoms with Crippen molar-refractivity contribution in [3.05, 3.63) is 83.9 Å². The molecule has 0 radical (unpaired) electrons. The quantitative estimate of drug-likeness (QED) is 0.233. The van der Waals surface area contributed by atoms with Gasteiger partial charge in [0.1, 0.15) is 12.4 Å². The van der Waals surface area contributed by atoms with E-state index in [1.165, 1.54) is 29.7 Å². The fraction of sp³-hybridized carbons (Fsp3) is 0.385. The van der Waals surface area contributed by atoms with Gasteiger partial charge in [0.15, 0.2) is 5.96 Å². The van der Waals surface area contributed by atoms with Gasteiger partial charge in [0.05, 0.1) is 6.04 Å². The topological polar surface area (TPSA) is 57.5 Å². The molecule has 1 atom stereocenters. The first-order valence-electron chi connectivity index (χ1n) is 11.7. The van der Waals surface area contributed by atoms with Crippen LogP contribution in [0.5, 0.6) is 0 Å². The molecule has 1 unspecified atom stereocenters. The monoisotopic (exact) mass is 558 g/mol. The van der Waals surface area contributed by atoms with Crippen molar-refractivity contribution in [2.24, 2.45) is 4.99 Å². The molecule has 1 aliphatic heterocycles. The summed E-state index contributed by atoms with van der Waals surface area (Å²) >= 11 is 0. The van der Waals surface area contributed by atoms with Crippen molar-refractivity contribution < 1.29 is 0 Å². The number of anilines is 1. The number of rotatable bonds is 8. The molecule has 2 heterocycles. The maximum Gasteiger partial charge on any atom is 0.192 e. The van der Waals surface area contributed by atoms with Gasteiger partial charge in [-0.25, -0.2) is 9.98 Å². The second-order valence-corrected chi connectivity index (χ2v) is 8.31. The maximum absolute atomic E-state index is 4.82. The minimum atomic E-state index is 0. The van der Waals surface area contributed by atoms with Crippen molar-refractivity contribution in [3.8, 4) is 0 Å². The van der Waals surface area contributed by atoms with Crippen molar-refractivity contribution >= 4 is 35.6 Å². The highest BCUT2D eigenvalue weighted by Gasteiger charge is 2.14. The zero-order valence-electron chi connectivity index (χ0n) is 19.6. The van der Waals surface area contributed by atoms with Crippen molar-refractivity contribution in [1.29, 1.82) is 0 Å². The maximum atomic E-state index is 4.82. The lowest BCUT2D eigenvalue weighted by Gasteiger charge is -2.22. The van der Waals surface area contributed by atoms with E-state index in [0.717, 1.165) is 38.0 Å². The second kappa shape index (κ2) is 12.6. The van der Waals surface area contributed by atoms with Crippen LogP contribution < -0.4 is 15.5 Å². The number of hydrogen-bond donors (Lipinski definition) is 2. The Morgan fingerprint density at radius 1 is 1.09 bits per heavy atom. The van der Waals surface area contributed by atoms with Gasteiger partial charge in [-0.05, 0) is 49.9 Å². The van der Waals surface area contributed by atoms with E-state index < -0.39 is 0 Å². The summed E-state index contributed by atoms with van der Waals surface area (Å²) in [5, 5.41) is 6.94. The van der Waals surface area contributed by atoms with Gasteiger partial charge in [-0.2, -0.15) is 0 Å². The Labute approximate surface area is 214 Å². The summed E-state index contributed by atoms with van der Waals surface area (Å²) in [6.45, 7) is 8.73. The Morgan fingerprint density at radius 2 is 1.88 bits per heavy atom. The fourth-order valence-corrected chi connectivity index (χ4v) is 4.14. The first kappa shape index (κ1) is 25.1. The zero-order chi connectivity index (χ0) is 22.2. The lowest BCUT2D eigenvalue weighted by Crippen LogP contribution is -2.38. The Hall–Kier alpha value is -2.55. The van der Waals surface area contributed by atoms with Crippen LogP contribution in [0.3, 0.4) is 0 Å². The van der Waals surface area contributed by atoms with Gasteiger partial charge in [-0.1, -0.05) is 42.5 Å². The van der Waals surface area contributed by atoms with Crippen LogP contribution in [0.15, 0.2) is 72.0 Å². The molecular formula is C26H35IN6. The number of halogens is 1. The van der Waals surface area contributed by atoms with Gasteiger partial charge in [0.25, 0.3) is 0 Å². The highest BCUT2D eigenvalue weighted by Crippen LogP contribution is 2.24. The smallest absolute Gasteiger partial charge is 0.192 e. The Morgan fingerprint density at radius 3 is 2.64 bits per heavy atom. The number of nitrogens with zero attached hydrogens (tertiary/aromatic N) is 4. The summed E-state index contributed by atoms with van der Waals surface area (Å²) in [7, 11) is 0. The van der Waals surface area contributed by atoms with Crippen LogP contribution in [-0.2, 0) is 13.1 Å². The summed E-state index contributed by atoms with van der Waals surface area (Å²) in [5.41, 5.74) is 3.84. The number of aliphatic imine (C=N–C) groups is 1. The Bertz CT molecular complexity index is 1010. The molecule has 0 amide bonds. The van der Waals surface area contributed by atoms with Gasteiger partial charge in [0.2, 0.25) is 0 Å². The molecule has 1 saturated heterocycles. The molecule has 1 aromatic heterocycles. The molecule has 4 rings (SSSR count). The molecule has 1 aliphatic rings. The summed E-state index contributed by atoms with van der Waals surface area (Å²) in [5.74, 6) is 1.76. The third kappa shape index (κ3) is 6.96.